The summed E-state index contributed by atoms with van der Waals surface area (Å²) in [5, 5.41) is 3.92. The van der Waals surface area contributed by atoms with Gasteiger partial charge in [0.25, 0.3) is 5.91 Å². The number of hydrazone groups is 1. The zero-order valence-corrected chi connectivity index (χ0v) is 23.1. The van der Waals surface area contributed by atoms with Crippen molar-refractivity contribution in [3.05, 3.63) is 88.8 Å². The summed E-state index contributed by atoms with van der Waals surface area (Å²) in [6.45, 7) is -0.205. The highest BCUT2D eigenvalue weighted by Gasteiger charge is 2.12. The molecule has 3 aromatic rings. The number of halogens is 4. The normalized spacial score (nSPS) is 10.8. The molecule has 1 N–H and O–H groups in total. The van der Waals surface area contributed by atoms with E-state index in [9.17, 15) is 9.59 Å². The van der Waals surface area contributed by atoms with Gasteiger partial charge in [0.05, 0.1) is 20.7 Å². The molecule has 0 fully saturated rings. The first-order valence-corrected chi connectivity index (χ1v) is 12.5. The van der Waals surface area contributed by atoms with Gasteiger partial charge in [-0.05, 0) is 109 Å². The van der Waals surface area contributed by atoms with Gasteiger partial charge < -0.3 is 9.47 Å². The van der Waals surface area contributed by atoms with Crippen LogP contribution in [0.1, 0.15) is 15.9 Å². The largest absolute Gasteiger partial charge is 0.481 e. The SMILES string of the molecule is O=C(COc1c(Br)cc(Br)cc1Br)N/N=C\c1ccc(OC(=O)c2ccccc2I)cc1. The molecule has 3 rings (SSSR count). The third-order valence-electron chi connectivity index (χ3n) is 3.90. The van der Waals surface area contributed by atoms with Crippen molar-refractivity contribution in [3.63, 3.8) is 0 Å². The summed E-state index contributed by atoms with van der Waals surface area (Å²) in [4.78, 5) is 24.3. The van der Waals surface area contributed by atoms with E-state index in [1.54, 1.807) is 36.4 Å². The maximum atomic E-state index is 12.3. The minimum atomic E-state index is -0.423. The molecule has 0 heterocycles. The fourth-order valence-electron chi connectivity index (χ4n) is 2.43. The van der Waals surface area contributed by atoms with Crippen molar-refractivity contribution in [3.8, 4) is 11.5 Å². The highest BCUT2D eigenvalue weighted by Crippen LogP contribution is 2.36. The van der Waals surface area contributed by atoms with Crippen LogP contribution >= 0.6 is 70.4 Å². The molecule has 0 atom stereocenters. The molecule has 32 heavy (non-hydrogen) atoms. The number of nitrogens with zero attached hydrogens (tertiary/aromatic N) is 1. The Kier molecular flexibility index (Phi) is 9.26. The summed E-state index contributed by atoms with van der Waals surface area (Å²) >= 11 is 12.2. The first-order valence-electron chi connectivity index (χ1n) is 8.99. The molecular weight excluding hydrogens is 723 g/mol. The second-order valence-electron chi connectivity index (χ2n) is 6.22. The van der Waals surface area contributed by atoms with E-state index < -0.39 is 11.9 Å². The fourth-order valence-corrected chi connectivity index (χ4v) is 5.52. The zero-order chi connectivity index (χ0) is 23.1. The lowest BCUT2D eigenvalue weighted by molar-refractivity contribution is -0.123. The Morgan fingerprint density at radius 2 is 1.66 bits per heavy atom. The third kappa shape index (κ3) is 7.12. The van der Waals surface area contributed by atoms with Crippen LogP contribution in [-0.4, -0.2) is 24.7 Å². The van der Waals surface area contributed by atoms with Crippen LogP contribution in [0.4, 0.5) is 0 Å². The zero-order valence-electron chi connectivity index (χ0n) is 16.2. The molecule has 1 amide bonds. The van der Waals surface area contributed by atoms with Crippen molar-refractivity contribution < 1.29 is 19.1 Å². The van der Waals surface area contributed by atoms with Crippen LogP contribution in [0.5, 0.6) is 11.5 Å². The van der Waals surface area contributed by atoms with Gasteiger partial charge in [-0.1, -0.05) is 28.1 Å². The summed E-state index contributed by atoms with van der Waals surface area (Å²) < 4.78 is 14.0. The van der Waals surface area contributed by atoms with Crippen molar-refractivity contribution in [1.29, 1.82) is 0 Å². The Morgan fingerprint density at radius 1 is 1.00 bits per heavy atom. The minimum absolute atomic E-state index is 0.205. The molecule has 10 heteroatoms. The lowest BCUT2D eigenvalue weighted by Gasteiger charge is -2.09. The second-order valence-corrected chi connectivity index (χ2v) is 10.0. The Balaban J connectivity index is 1.50. The first-order chi connectivity index (χ1) is 15.3. The van der Waals surface area contributed by atoms with Crippen LogP contribution in [0.25, 0.3) is 0 Å². The number of rotatable bonds is 7. The van der Waals surface area contributed by atoms with Gasteiger partial charge in [-0.3, -0.25) is 4.79 Å². The molecule has 0 spiro atoms. The van der Waals surface area contributed by atoms with Gasteiger partial charge in [0.1, 0.15) is 11.5 Å². The van der Waals surface area contributed by atoms with Crippen LogP contribution in [-0.2, 0) is 4.79 Å². The molecule has 3 aromatic carbocycles. The number of nitrogens with one attached hydrogen (secondary N) is 1. The molecule has 0 saturated carbocycles. The van der Waals surface area contributed by atoms with E-state index in [4.69, 9.17) is 9.47 Å². The number of amides is 1. The Bertz CT molecular complexity index is 1150. The number of carbonyl (C=O) groups excluding carboxylic acids is 2. The molecule has 0 aromatic heterocycles. The Hall–Kier alpha value is -1.76. The Labute approximate surface area is 223 Å². The monoisotopic (exact) mass is 734 g/mol. The molecule has 0 unspecified atom stereocenters. The Morgan fingerprint density at radius 3 is 2.31 bits per heavy atom. The average Bonchev–Trinajstić information content (AvgIpc) is 2.74. The van der Waals surface area contributed by atoms with Crippen LogP contribution in [0.3, 0.4) is 0 Å². The number of benzene rings is 3. The van der Waals surface area contributed by atoms with E-state index in [1.807, 2.05) is 24.3 Å². The molecule has 0 bridgehead atoms. The smallest absolute Gasteiger partial charge is 0.344 e. The molecule has 0 radical (unpaired) electrons. The van der Waals surface area contributed by atoms with Crippen LogP contribution in [0.15, 0.2) is 79.2 Å². The predicted molar refractivity (Wildman–Crippen MR) is 141 cm³/mol. The summed E-state index contributed by atoms with van der Waals surface area (Å²) in [6, 6.07) is 17.6. The number of hydrogen-bond acceptors (Lipinski definition) is 5. The van der Waals surface area contributed by atoms with Crippen molar-refractivity contribution >= 4 is 88.5 Å². The van der Waals surface area contributed by atoms with E-state index in [0.717, 1.165) is 13.6 Å². The number of carbonyl (C=O) groups is 2. The average molecular weight is 737 g/mol. The summed E-state index contributed by atoms with van der Waals surface area (Å²) in [5.41, 5.74) is 3.63. The van der Waals surface area contributed by atoms with Gasteiger partial charge in [0.2, 0.25) is 0 Å². The third-order valence-corrected chi connectivity index (χ3v) is 6.47. The van der Waals surface area contributed by atoms with E-state index >= 15 is 0 Å². The maximum absolute atomic E-state index is 12.3. The second kappa shape index (κ2) is 11.9. The number of ether oxygens (including phenoxy) is 2. The highest BCUT2D eigenvalue weighted by molar-refractivity contribution is 14.1. The van der Waals surface area contributed by atoms with Crippen LogP contribution < -0.4 is 14.9 Å². The molecule has 0 aliphatic carbocycles. The quantitative estimate of drug-likeness (QED) is 0.101. The standard InChI is InChI=1S/C22H14Br3IN2O4/c23-14-9-17(24)21(18(25)10-14)31-12-20(29)28-27-11-13-5-7-15(8-6-13)32-22(30)16-3-1-2-4-19(16)26/h1-11H,12H2,(H,28,29)/b27-11-. The summed E-state index contributed by atoms with van der Waals surface area (Å²) in [7, 11) is 0. The van der Waals surface area contributed by atoms with Crippen molar-refractivity contribution in [2.75, 3.05) is 6.61 Å². The lowest BCUT2D eigenvalue weighted by Crippen LogP contribution is -2.24. The van der Waals surface area contributed by atoms with E-state index in [0.29, 0.717) is 26.0 Å². The molecule has 6 nitrogen and oxygen atoms in total. The topological polar surface area (TPSA) is 77.0 Å². The fraction of sp³-hybridized carbons (Fsp3) is 0.0455. The lowest BCUT2D eigenvalue weighted by atomic mass is 10.2. The minimum Gasteiger partial charge on any atom is -0.481 e. The van der Waals surface area contributed by atoms with Gasteiger partial charge in [-0.25, -0.2) is 10.2 Å². The van der Waals surface area contributed by atoms with Gasteiger partial charge in [-0.15, -0.1) is 0 Å². The molecule has 0 saturated heterocycles. The highest BCUT2D eigenvalue weighted by atomic mass is 127. The first kappa shape index (κ1) is 24.9. The van der Waals surface area contributed by atoms with E-state index in [1.165, 1.54) is 6.21 Å². The summed E-state index contributed by atoms with van der Waals surface area (Å²) in [5.74, 6) is 0.0938. The van der Waals surface area contributed by atoms with Crippen LogP contribution in [0, 0.1) is 3.57 Å². The van der Waals surface area contributed by atoms with Crippen molar-refractivity contribution in [1.82, 2.24) is 5.43 Å². The van der Waals surface area contributed by atoms with Gasteiger partial charge in [0, 0.05) is 8.04 Å². The summed E-state index contributed by atoms with van der Waals surface area (Å²) in [6.07, 6.45) is 1.48. The van der Waals surface area contributed by atoms with E-state index in [2.05, 4.69) is 80.9 Å². The predicted octanol–water partition coefficient (Wildman–Crippen LogP) is 6.33. The van der Waals surface area contributed by atoms with E-state index in [-0.39, 0.29) is 6.61 Å². The molecule has 0 aliphatic heterocycles. The van der Waals surface area contributed by atoms with Crippen LogP contribution in [0.2, 0.25) is 0 Å². The molecule has 0 aliphatic rings. The molecule has 164 valence electrons. The molecular formula is C22H14Br3IN2O4. The van der Waals surface area contributed by atoms with Gasteiger partial charge in [0.15, 0.2) is 6.61 Å². The van der Waals surface area contributed by atoms with Gasteiger partial charge in [-0.2, -0.15) is 5.10 Å². The van der Waals surface area contributed by atoms with Crippen molar-refractivity contribution in [2.45, 2.75) is 0 Å². The maximum Gasteiger partial charge on any atom is 0.344 e. The number of esters is 1. The van der Waals surface area contributed by atoms with Crippen molar-refractivity contribution in [2.24, 2.45) is 5.10 Å². The number of hydrogen-bond donors (Lipinski definition) is 1. The van der Waals surface area contributed by atoms with Gasteiger partial charge >= 0.3 is 5.97 Å².